The standard InChI is InChI=1S/C17H21BrN4O2.ClH/c18-14-10-20-22(11-14)7-5-13-1-3-15(4-2-13)21-17(23)9-16-12-24-8-6-19-16;/h1-4,10-11,16,19H,5-9,12H2,(H,21,23);1H. The van der Waals surface area contributed by atoms with Crippen LogP contribution in [0.1, 0.15) is 12.0 Å². The molecule has 2 heterocycles. The van der Waals surface area contributed by atoms with Crippen molar-refractivity contribution in [2.45, 2.75) is 25.4 Å². The first kappa shape index (κ1) is 19.9. The molecule has 1 atom stereocenters. The van der Waals surface area contributed by atoms with Crippen molar-refractivity contribution in [2.75, 3.05) is 25.1 Å². The summed E-state index contributed by atoms with van der Waals surface area (Å²) < 4.78 is 8.25. The molecule has 1 aromatic heterocycles. The highest BCUT2D eigenvalue weighted by Crippen LogP contribution is 2.12. The number of hydrogen-bond acceptors (Lipinski definition) is 4. The molecule has 1 aliphatic heterocycles. The van der Waals surface area contributed by atoms with E-state index in [2.05, 4.69) is 31.7 Å². The van der Waals surface area contributed by atoms with Gasteiger partial charge in [-0.3, -0.25) is 9.48 Å². The molecule has 1 unspecified atom stereocenters. The molecular weight excluding hydrogens is 408 g/mol. The monoisotopic (exact) mass is 428 g/mol. The lowest BCUT2D eigenvalue weighted by Gasteiger charge is -2.23. The molecule has 1 aromatic carbocycles. The molecule has 8 heteroatoms. The third-order valence-electron chi connectivity index (χ3n) is 3.90. The summed E-state index contributed by atoms with van der Waals surface area (Å²) in [6.07, 6.45) is 5.06. The summed E-state index contributed by atoms with van der Waals surface area (Å²) in [7, 11) is 0. The fourth-order valence-corrected chi connectivity index (χ4v) is 2.97. The maximum absolute atomic E-state index is 12.1. The number of nitrogens with one attached hydrogen (secondary N) is 2. The third kappa shape index (κ3) is 6.43. The quantitative estimate of drug-likeness (QED) is 0.741. The zero-order chi connectivity index (χ0) is 16.8. The first-order valence-corrected chi connectivity index (χ1v) is 8.86. The SMILES string of the molecule is Cl.O=C(CC1COCCN1)Nc1ccc(CCn2cc(Br)cn2)cc1. The summed E-state index contributed by atoms with van der Waals surface area (Å²) in [5.41, 5.74) is 2.03. The van der Waals surface area contributed by atoms with Gasteiger partial charge >= 0.3 is 0 Å². The zero-order valence-electron chi connectivity index (χ0n) is 13.8. The van der Waals surface area contributed by atoms with Crippen molar-refractivity contribution in [3.05, 3.63) is 46.7 Å². The molecule has 6 nitrogen and oxygen atoms in total. The molecule has 1 saturated heterocycles. The Balaban J connectivity index is 0.00000225. The van der Waals surface area contributed by atoms with Crippen LogP contribution in [0.2, 0.25) is 0 Å². The predicted molar refractivity (Wildman–Crippen MR) is 103 cm³/mol. The second-order valence-corrected chi connectivity index (χ2v) is 6.76. The molecule has 1 aliphatic rings. The molecule has 0 saturated carbocycles. The number of morpholine rings is 1. The number of aromatic nitrogens is 2. The largest absolute Gasteiger partial charge is 0.378 e. The van der Waals surface area contributed by atoms with E-state index in [0.717, 1.165) is 36.3 Å². The van der Waals surface area contributed by atoms with Gasteiger partial charge in [0.1, 0.15) is 0 Å². The summed E-state index contributed by atoms with van der Waals surface area (Å²) in [6, 6.07) is 8.06. The Morgan fingerprint density at radius 1 is 1.40 bits per heavy atom. The zero-order valence-corrected chi connectivity index (χ0v) is 16.2. The molecule has 0 radical (unpaired) electrons. The Morgan fingerprint density at radius 3 is 2.84 bits per heavy atom. The van der Waals surface area contributed by atoms with Crippen LogP contribution >= 0.6 is 28.3 Å². The van der Waals surface area contributed by atoms with E-state index in [9.17, 15) is 4.79 Å². The second-order valence-electron chi connectivity index (χ2n) is 5.85. The number of hydrogen-bond donors (Lipinski definition) is 2. The number of carbonyl (C=O) groups excluding carboxylic acids is 1. The van der Waals surface area contributed by atoms with E-state index in [-0.39, 0.29) is 24.4 Å². The van der Waals surface area contributed by atoms with Gasteiger partial charge in [-0.1, -0.05) is 12.1 Å². The molecule has 2 aromatic rings. The predicted octanol–water partition coefficient (Wildman–Crippen LogP) is 2.63. The number of ether oxygens (including phenoxy) is 1. The number of benzene rings is 1. The highest BCUT2D eigenvalue weighted by Gasteiger charge is 2.16. The van der Waals surface area contributed by atoms with Crippen molar-refractivity contribution in [2.24, 2.45) is 0 Å². The van der Waals surface area contributed by atoms with Gasteiger partial charge in [-0.25, -0.2) is 0 Å². The van der Waals surface area contributed by atoms with E-state index in [1.54, 1.807) is 6.20 Å². The lowest BCUT2D eigenvalue weighted by atomic mass is 10.1. The normalized spacial score (nSPS) is 16.9. The second kappa shape index (κ2) is 9.91. The van der Waals surface area contributed by atoms with Crippen LogP contribution in [0, 0.1) is 0 Å². The first-order valence-electron chi connectivity index (χ1n) is 8.07. The lowest BCUT2D eigenvalue weighted by molar-refractivity contribution is -0.117. The topological polar surface area (TPSA) is 68.2 Å². The summed E-state index contributed by atoms with van der Waals surface area (Å²) in [4.78, 5) is 12.1. The molecule has 1 amide bonds. The molecule has 0 bridgehead atoms. The Hall–Kier alpha value is -1.41. The van der Waals surface area contributed by atoms with Crippen LogP contribution in [0.4, 0.5) is 5.69 Å². The van der Waals surface area contributed by atoms with Crippen LogP contribution in [-0.4, -0.2) is 41.5 Å². The Labute approximate surface area is 161 Å². The molecule has 2 N–H and O–H groups in total. The molecule has 25 heavy (non-hydrogen) atoms. The van der Waals surface area contributed by atoms with Gasteiger partial charge < -0.3 is 15.4 Å². The minimum Gasteiger partial charge on any atom is -0.378 e. The van der Waals surface area contributed by atoms with E-state index in [1.807, 2.05) is 35.1 Å². The molecule has 0 spiro atoms. The maximum atomic E-state index is 12.1. The highest BCUT2D eigenvalue weighted by atomic mass is 79.9. The van der Waals surface area contributed by atoms with Gasteiger partial charge in [0.25, 0.3) is 0 Å². The molecule has 136 valence electrons. The third-order valence-corrected chi connectivity index (χ3v) is 4.31. The summed E-state index contributed by atoms with van der Waals surface area (Å²) >= 11 is 3.39. The van der Waals surface area contributed by atoms with E-state index in [0.29, 0.717) is 13.0 Å². The minimum absolute atomic E-state index is 0. The molecular formula is C17H22BrClN4O2. The van der Waals surface area contributed by atoms with Crippen molar-refractivity contribution in [3.8, 4) is 0 Å². The molecule has 1 fully saturated rings. The fourth-order valence-electron chi connectivity index (χ4n) is 2.65. The van der Waals surface area contributed by atoms with Crippen LogP contribution in [0.15, 0.2) is 41.1 Å². The first-order chi connectivity index (χ1) is 11.7. The number of aryl methyl sites for hydroxylation is 2. The van der Waals surface area contributed by atoms with E-state index < -0.39 is 0 Å². The van der Waals surface area contributed by atoms with E-state index in [4.69, 9.17) is 4.74 Å². The molecule has 3 rings (SSSR count). The highest BCUT2D eigenvalue weighted by molar-refractivity contribution is 9.10. The summed E-state index contributed by atoms with van der Waals surface area (Å²) in [6.45, 7) is 2.94. The number of rotatable bonds is 6. The van der Waals surface area contributed by atoms with Gasteiger partial charge in [0, 0.05) is 37.4 Å². The van der Waals surface area contributed by atoms with Crippen LogP contribution in [-0.2, 0) is 22.5 Å². The average Bonchev–Trinajstić information content (AvgIpc) is 3.00. The number of halogens is 2. The van der Waals surface area contributed by atoms with Gasteiger partial charge in [0.15, 0.2) is 0 Å². The smallest absolute Gasteiger partial charge is 0.226 e. The summed E-state index contributed by atoms with van der Waals surface area (Å²) in [5.74, 6) is 0.00661. The van der Waals surface area contributed by atoms with Crippen molar-refractivity contribution in [1.82, 2.24) is 15.1 Å². The number of nitrogens with zero attached hydrogens (tertiary/aromatic N) is 2. The van der Waals surface area contributed by atoms with Crippen LogP contribution in [0.3, 0.4) is 0 Å². The van der Waals surface area contributed by atoms with Crippen LogP contribution in [0.5, 0.6) is 0 Å². The Bertz CT molecular complexity index is 672. The Kier molecular flexibility index (Phi) is 7.90. The maximum Gasteiger partial charge on any atom is 0.226 e. The number of amides is 1. The van der Waals surface area contributed by atoms with Gasteiger partial charge in [-0.05, 0) is 40.0 Å². The minimum atomic E-state index is 0. The lowest BCUT2D eigenvalue weighted by Crippen LogP contribution is -2.43. The van der Waals surface area contributed by atoms with Gasteiger partial charge in [0.2, 0.25) is 5.91 Å². The van der Waals surface area contributed by atoms with Gasteiger partial charge in [-0.15, -0.1) is 12.4 Å². The number of anilines is 1. The van der Waals surface area contributed by atoms with Crippen molar-refractivity contribution < 1.29 is 9.53 Å². The van der Waals surface area contributed by atoms with Crippen molar-refractivity contribution in [1.29, 1.82) is 0 Å². The van der Waals surface area contributed by atoms with E-state index in [1.165, 1.54) is 5.56 Å². The van der Waals surface area contributed by atoms with Gasteiger partial charge in [0.05, 0.1) is 23.9 Å². The van der Waals surface area contributed by atoms with E-state index >= 15 is 0 Å². The van der Waals surface area contributed by atoms with Crippen LogP contribution in [0.25, 0.3) is 0 Å². The van der Waals surface area contributed by atoms with Gasteiger partial charge in [-0.2, -0.15) is 5.10 Å². The van der Waals surface area contributed by atoms with Crippen molar-refractivity contribution in [3.63, 3.8) is 0 Å². The Morgan fingerprint density at radius 2 is 2.20 bits per heavy atom. The summed E-state index contributed by atoms with van der Waals surface area (Å²) in [5, 5.41) is 10.5. The molecule has 0 aliphatic carbocycles. The average molecular weight is 430 g/mol. The fraction of sp³-hybridized carbons (Fsp3) is 0.412. The number of carbonyl (C=O) groups is 1. The van der Waals surface area contributed by atoms with Crippen LogP contribution < -0.4 is 10.6 Å². The van der Waals surface area contributed by atoms with Crippen molar-refractivity contribution >= 4 is 39.9 Å².